The number of anilines is 1. The predicted octanol–water partition coefficient (Wildman–Crippen LogP) is 7.74. The number of carbonyl (C=O) groups is 2. The minimum absolute atomic E-state index is 0.0396. The monoisotopic (exact) mass is 510 g/mol. The first-order valence-corrected chi connectivity index (χ1v) is 14.1. The van der Waals surface area contributed by atoms with Gasteiger partial charge in [0.25, 0.3) is 0 Å². The van der Waals surface area contributed by atoms with E-state index in [1.807, 2.05) is 23.1 Å². The molecule has 3 rings (SSSR count). The van der Waals surface area contributed by atoms with Crippen LogP contribution in [0.15, 0.2) is 47.4 Å². The fourth-order valence-electron chi connectivity index (χ4n) is 4.68. The third-order valence-electron chi connectivity index (χ3n) is 7.01. The van der Waals surface area contributed by atoms with Gasteiger partial charge in [-0.25, -0.2) is 4.79 Å². The maximum Gasteiger partial charge on any atom is 0.322 e. The van der Waals surface area contributed by atoms with E-state index in [1.54, 1.807) is 13.8 Å². The minimum atomic E-state index is -0.887. The first kappa shape index (κ1) is 28.1. The minimum Gasteiger partial charge on any atom is -0.480 e. The zero-order chi connectivity index (χ0) is 26.3. The number of nitrogens with zero attached hydrogens (tertiary/aromatic N) is 1. The normalized spacial score (nSPS) is 15.1. The van der Waals surface area contributed by atoms with Crippen molar-refractivity contribution in [2.45, 2.75) is 101 Å². The van der Waals surface area contributed by atoms with Crippen LogP contribution < -0.4 is 5.32 Å². The van der Waals surface area contributed by atoms with Crippen LogP contribution in [0, 0.1) is 0 Å². The molecule has 0 spiro atoms. The zero-order valence-corrected chi connectivity index (χ0v) is 23.3. The van der Waals surface area contributed by atoms with Gasteiger partial charge in [0.1, 0.15) is 4.75 Å². The maximum atomic E-state index is 13.5. The van der Waals surface area contributed by atoms with Gasteiger partial charge in [-0.3, -0.25) is 4.79 Å². The number of thioether (sulfide) groups is 1. The number of carboxylic acid groups (broad SMARTS) is 1. The Kier molecular flexibility index (Phi) is 9.89. The lowest BCUT2D eigenvalue weighted by Gasteiger charge is -2.29. The first-order chi connectivity index (χ1) is 17.1. The molecule has 1 unspecified atom stereocenters. The Hall–Kier alpha value is -2.47. The highest BCUT2D eigenvalue weighted by Crippen LogP contribution is 2.36. The van der Waals surface area contributed by atoms with Crippen molar-refractivity contribution in [1.29, 1.82) is 0 Å². The van der Waals surface area contributed by atoms with E-state index in [-0.39, 0.29) is 12.1 Å². The molecule has 0 fully saturated rings. The van der Waals surface area contributed by atoms with Gasteiger partial charge in [-0.05, 0) is 80.0 Å². The van der Waals surface area contributed by atoms with Crippen molar-refractivity contribution in [1.82, 2.24) is 4.90 Å². The Bertz CT molecular complexity index is 1030. The molecule has 2 aromatic carbocycles. The Labute approximate surface area is 221 Å². The Morgan fingerprint density at radius 2 is 1.69 bits per heavy atom. The molecule has 0 radical (unpaired) electrons. The number of carbonyl (C=O) groups excluding carboxylic acids is 1. The summed E-state index contributed by atoms with van der Waals surface area (Å²) in [5, 5.41) is 12.6. The summed E-state index contributed by atoms with van der Waals surface area (Å²) in [6.45, 7) is 10.7. The number of fused-ring (bicyclic) bond motifs is 1. The van der Waals surface area contributed by atoms with Crippen LogP contribution in [0.2, 0.25) is 0 Å². The Balaban J connectivity index is 1.72. The SMILES string of the molecule is CCCCCCCN(C(=O)Nc1ccc(C(C)C)cc1)C1Cc2ccc(SC(C)(C)C(=O)O)cc2C1. The number of aliphatic carboxylic acids is 1. The number of amides is 2. The second-order valence-electron chi connectivity index (χ2n) is 10.7. The Morgan fingerprint density at radius 3 is 2.33 bits per heavy atom. The van der Waals surface area contributed by atoms with Crippen molar-refractivity contribution < 1.29 is 14.7 Å². The van der Waals surface area contributed by atoms with Crippen molar-refractivity contribution in [3.05, 3.63) is 59.2 Å². The predicted molar refractivity (Wildman–Crippen MR) is 150 cm³/mol. The molecule has 196 valence electrons. The summed E-state index contributed by atoms with van der Waals surface area (Å²) in [6.07, 6.45) is 7.40. The van der Waals surface area contributed by atoms with Gasteiger partial charge >= 0.3 is 12.0 Å². The van der Waals surface area contributed by atoms with Gasteiger partial charge in [0.05, 0.1) is 0 Å². The summed E-state index contributed by atoms with van der Waals surface area (Å²) in [5.74, 6) is -0.367. The number of urea groups is 1. The smallest absolute Gasteiger partial charge is 0.322 e. The molecular formula is C30H42N2O3S. The number of unbranched alkanes of at least 4 members (excludes halogenated alkanes) is 4. The fourth-order valence-corrected chi connectivity index (χ4v) is 5.69. The van der Waals surface area contributed by atoms with Gasteiger partial charge in [0.2, 0.25) is 0 Å². The van der Waals surface area contributed by atoms with Crippen LogP contribution in [0.3, 0.4) is 0 Å². The number of nitrogens with one attached hydrogen (secondary N) is 1. The standard InChI is InChI=1S/C30H42N2O3S/c1-6-7-8-9-10-17-32(29(35)31-25-14-11-22(12-15-25)21(2)3)26-18-23-13-16-27(20-24(23)19-26)36-30(4,5)28(33)34/h11-16,20-21,26H,6-10,17-19H2,1-5H3,(H,31,35)(H,33,34). The van der Waals surface area contributed by atoms with Gasteiger partial charge in [-0.15, -0.1) is 11.8 Å². The summed E-state index contributed by atoms with van der Waals surface area (Å²) in [7, 11) is 0. The molecule has 0 aliphatic heterocycles. The van der Waals surface area contributed by atoms with Crippen molar-refractivity contribution >= 4 is 29.4 Å². The van der Waals surface area contributed by atoms with E-state index < -0.39 is 10.7 Å². The lowest BCUT2D eigenvalue weighted by molar-refractivity contribution is -0.138. The lowest BCUT2D eigenvalue weighted by atomic mass is 10.0. The van der Waals surface area contributed by atoms with Crippen molar-refractivity contribution in [2.75, 3.05) is 11.9 Å². The average Bonchev–Trinajstić information content (AvgIpc) is 3.24. The highest BCUT2D eigenvalue weighted by Gasteiger charge is 2.32. The highest BCUT2D eigenvalue weighted by atomic mass is 32.2. The van der Waals surface area contributed by atoms with Gasteiger partial charge in [0.15, 0.2) is 0 Å². The molecule has 36 heavy (non-hydrogen) atoms. The summed E-state index contributed by atoms with van der Waals surface area (Å²) < 4.78 is -0.887. The molecule has 1 aliphatic rings. The van der Waals surface area contributed by atoms with Crippen molar-refractivity contribution in [3.63, 3.8) is 0 Å². The van der Waals surface area contributed by atoms with Crippen LogP contribution in [-0.2, 0) is 17.6 Å². The molecule has 2 aromatic rings. The summed E-state index contributed by atoms with van der Waals surface area (Å²) in [6, 6.07) is 14.5. The molecule has 0 aromatic heterocycles. The number of benzene rings is 2. The van der Waals surface area contributed by atoms with Crippen molar-refractivity contribution in [2.24, 2.45) is 0 Å². The van der Waals surface area contributed by atoms with Crippen LogP contribution in [0.1, 0.15) is 89.3 Å². The van der Waals surface area contributed by atoms with E-state index in [2.05, 4.69) is 50.4 Å². The molecule has 0 saturated heterocycles. The number of hydrogen-bond acceptors (Lipinski definition) is 3. The largest absolute Gasteiger partial charge is 0.480 e. The maximum absolute atomic E-state index is 13.5. The van der Waals surface area contributed by atoms with Crippen LogP contribution >= 0.6 is 11.8 Å². The average molecular weight is 511 g/mol. The molecule has 5 nitrogen and oxygen atoms in total. The van der Waals surface area contributed by atoms with Crippen LogP contribution in [0.4, 0.5) is 10.5 Å². The molecule has 6 heteroatoms. The van der Waals surface area contributed by atoms with Crippen LogP contribution in [0.25, 0.3) is 0 Å². The molecule has 0 saturated carbocycles. The molecule has 1 atom stereocenters. The van der Waals surface area contributed by atoms with E-state index in [0.29, 0.717) is 5.92 Å². The number of carboxylic acids is 1. The zero-order valence-electron chi connectivity index (χ0n) is 22.5. The van der Waals surface area contributed by atoms with Crippen LogP contribution in [-0.4, -0.2) is 39.3 Å². The number of hydrogen-bond donors (Lipinski definition) is 2. The summed E-state index contributed by atoms with van der Waals surface area (Å²) in [5.41, 5.74) is 4.55. The topological polar surface area (TPSA) is 69.6 Å². The van der Waals surface area contributed by atoms with Crippen molar-refractivity contribution in [3.8, 4) is 0 Å². The van der Waals surface area contributed by atoms with E-state index in [9.17, 15) is 14.7 Å². The third kappa shape index (κ3) is 7.52. The fraction of sp³-hybridized carbons (Fsp3) is 0.533. The van der Waals surface area contributed by atoms with E-state index >= 15 is 0 Å². The second kappa shape index (κ2) is 12.7. The molecular weight excluding hydrogens is 468 g/mol. The van der Waals surface area contributed by atoms with Gasteiger partial charge in [-0.1, -0.05) is 64.7 Å². The summed E-state index contributed by atoms with van der Waals surface area (Å²) in [4.78, 5) is 28.0. The molecule has 1 aliphatic carbocycles. The third-order valence-corrected chi connectivity index (χ3v) is 8.18. The second-order valence-corrected chi connectivity index (χ2v) is 12.4. The van der Waals surface area contributed by atoms with Gasteiger partial charge in [0, 0.05) is 23.2 Å². The van der Waals surface area contributed by atoms with Gasteiger partial charge in [-0.2, -0.15) is 0 Å². The summed E-state index contributed by atoms with van der Waals surface area (Å²) >= 11 is 1.37. The van der Waals surface area contributed by atoms with E-state index in [1.165, 1.54) is 47.7 Å². The molecule has 0 bridgehead atoms. The molecule has 2 amide bonds. The molecule has 0 heterocycles. The van der Waals surface area contributed by atoms with Crippen LogP contribution in [0.5, 0.6) is 0 Å². The molecule has 2 N–H and O–H groups in total. The quantitative estimate of drug-likeness (QED) is 0.226. The first-order valence-electron chi connectivity index (χ1n) is 13.3. The van der Waals surface area contributed by atoms with Gasteiger partial charge < -0.3 is 15.3 Å². The number of rotatable bonds is 12. The highest BCUT2D eigenvalue weighted by molar-refractivity contribution is 8.01. The Morgan fingerprint density at radius 1 is 1.03 bits per heavy atom. The van der Waals surface area contributed by atoms with E-state index in [4.69, 9.17) is 0 Å². The van der Waals surface area contributed by atoms with E-state index in [0.717, 1.165) is 42.8 Å². The lowest BCUT2D eigenvalue weighted by Crippen LogP contribution is -2.44.